The third kappa shape index (κ3) is 3.11. The number of aromatic nitrogens is 1. The minimum absolute atomic E-state index is 0.322. The van der Waals surface area contributed by atoms with Crippen LogP contribution in [0.1, 0.15) is 24.9 Å². The Balaban J connectivity index is 2.35. The highest BCUT2D eigenvalue weighted by Crippen LogP contribution is 2.29. The molecule has 0 radical (unpaired) electrons. The zero-order chi connectivity index (χ0) is 13.7. The van der Waals surface area contributed by atoms with Crippen LogP contribution in [0.5, 0.6) is 0 Å². The molecule has 1 aromatic heterocycles. The van der Waals surface area contributed by atoms with E-state index in [1.165, 1.54) is 10.9 Å². The van der Waals surface area contributed by atoms with Gasteiger partial charge in [-0.3, -0.25) is 4.98 Å². The fourth-order valence-corrected chi connectivity index (χ4v) is 2.62. The number of nitrogens with zero attached hydrogens (tertiary/aromatic N) is 1. The molecule has 0 saturated heterocycles. The molecule has 2 rings (SSSR count). The number of nitrogens with one attached hydrogen (secondary N) is 1. The lowest BCUT2D eigenvalue weighted by molar-refractivity contribution is 0.171. The topological polar surface area (TPSA) is 34.2 Å². The van der Waals surface area contributed by atoms with Crippen molar-refractivity contribution in [3.63, 3.8) is 0 Å². The Bertz CT molecular complexity index is 522. The summed E-state index contributed by atoms with van der Waals surface area (Å²) in [6, 6.07) is 10.8. The van der Waals surface area contributed by atoms with E-state index in [0.29, 0.717) is 12.0 Å². The molecular weight excluding hydrogens is 236 g/mol. The second-order valence-corrected chi connectivity index (χ2v) is 4.94. The second-order valence-electron chi connectivity index (χ2n) is 4.94. The van der Waals surface area contributed by atoms with Gasteiger partial charge in [0.2, 0.25) is 0 Å². The minimum atomic E-state index is 0.322. The molecule has 0 aliphatic rings. The SMILES string of the molecule is CNC(c1cccc2ncccc12)C(C)CCOC. The van der Waals surface area contributed by atoms with Gasteiger partial charge in [-0.2, -0.15) is 0 Å². The number of pyridine rings is 1. The Kier molecular flexibility index (Phi) is 4.88. The van der Waals surface area contributed by atoms with E-state index in [4.69, 9.17) is 4.74 Å². The van der Waals surface area contributed by atoms with Crippen LogP contribution in [0.15, 0.2) is 36.5 Å². The summed E-state index contributed by atoms with van der Waals surface area (Å²) in [5, 5.41) is 4.67. The van der Waals surface area contributed by atoms with Crippen molar-refractivity contribution >= 4 is 10.9 Å². The minimum Gasteiger partial charge on any atom is -0.385 e. The van der Waals surface area contributed by atoms with Crippen LogP contribution in [-0.2, 0) is 4.74 Å². The molecule has 1 heterocycles. The predicted octanol–water partition coefficient (Wildman–Crippen LogP) is 3.17. The van der Waals surface area contributed by atoms with E-state index in [9.17, 15) is 0 Å². The van der Waals surface area contributed by atoms with Crippen LogP contribution in [0, 0.1) is 5.92 Å². The van der Waals surface area contributed by atoms with Crippen LogP contribution < -0.4 is 5.32 Å². The van der Waals surface area contributed by atoms with Gasteiger partial charge in [-0.15, -0.1) is 0 Å². The maximum absolute atomic E-state index is 5.19. The van der Waals surface area contributed by atoms with Crippen molar-refractivity contribution in [3.8, 4) is 0 Å². The standard InChI is InChI=1S/C16H22N2O/c1-12(9-11-19-3)16(17-2)14-6-4-8-15-13(14)7-5-10-18-15/h4-8,10,12,16-17H,9,11H2,1-3H3. The van der Waals surface area contributed by atoms with Crippen molar-refractivity contribution in [2.24, 2.45) is 5.92 Å². The molecule has 19 heavy (non-hydrogen) atoms. The fraction of sp³-hybridized carbons (Fsp3) is 0.438. The van der Waals surface area contributed by atoms with Crippen molar-refractivity contribution in [2.75, 3.05) is 20.8 Å². The molecule has 0 saturated carbocycles. The van der Waals surface area contributed by atoms with E-state index in [1.54, 1.807) is 7.11 Å². The maximum atomic E-state index is 5.19. The predicted molar refractivity (Wildman–Crippen MR) is 79.2 cm³/mol. The first-order valence-corrected chi connectivity index (χ1v) is 6.77. The molecule has 0 aliphatic carbocycles. The summed E-state index contributed by atoms with van der Waals surface area (Å²) in [6.07, 6.45) is 2.88. The van der Waals surface area contributed by atoms with Gasteiger partial charge < -0.3 is 10.1 Å². The summed E-state index contributed by atoms with van der Waals surface area (Å²) in [7, 11) is 3.77. The first kappa shape index (κ1) is 14.0. The first-order valence-electron chi connectivity index (χ1n) is 6.77. The highest BCUT2D eigenvalue weighted by molar-refractivity contribution is 5.82. The van der Waals surface area contributed by atoms with Crippen LogP contribution in [0.4, 0.5) is 0 Å². The van der Waals surface area contributed by atoms with Crippen molar-refractivity contribution < 1.29 is 4.74 Å². The molecule has 1 aromatic carbocycles. The molecule has 2 atom stereocenters. The Morgan fingerprint density at radius 3 is 2.84 bits per heavy atom. The Morgan fingerprint density at radius 2 is 2.11 bits per heavy atom. The number of methoxy groups -OCH3 is 1. The molecule has 2 aromatic rings. The van der Waals surface area contributed by atoms with Gasteiger partial charge in [0.05, 0.1) is 5.52 Å². The van der Waals surface area contributed by atoms with Crippen LogP contribution in [-0.4, -0.2) is 25.7 Å². The number of fused-ring (bicyclic) bond motifs is 1. The smallest absolute Gasteiger partial charge is 0.0705 e. The fourth-order valence-electron chi connectivity index (χ4n) is 2.62. The molecule has 0 spiro atoms. The lowest BCUT2D eigenvalue weighted by Gasteiger charge is -2.25. The van der Waals surface area contributed by atoms with Crippen molar-refractivity contribution in [2.45, 2.75) is 19.4 Å². The van der Waals surface area contributed by atoms with E-state index in [2.05, 4.69) is 41.5 Å². The van der Waals surface area contributed by atoms with Crippen LogP contribution in [0.25, 0.3) is 10.9 Å². The third-order valence-corrected chi connectivity index (χ3v) is 3.67. The van der Waals surface area contributed by atoms with Gasteiger partial charge >= 0.3 is 0 Å². The van der Waals surface area contributed by atoms with E-state index in [1.807, 2.05) is 19.3 Å². The monoisotopic (exact) mass is 258 g/mol. The summed E-state index contributed by atoms with van der Waals surface area (Å²) in [6.45, 7) is 3.05. The van der Waals surface area contributed by atoms with Crippen LogP contribution in [0.2, 0.25) is 0 Å². The number of rotatable bonds is 6. The lowest BCUT2D eigenvalue weighted by Crippen LogP contribution is -2.24. The van der Waals surface area contributed by atoms with Gasteiger partial charge in [-0.25, -0.2) is 0 Å². The average molecular weight is 258 g/mol. The highest BCUT2D eigenvalue weighted by atomic mass is 16.5. The summed E-state index contributed by atoms with van der Waals surface area (Å²) >= 11 is 0. The van der Waals surface area contributed by atoms with E-state index < -0.39 is 0 Å². The molecule has 3 heteroatoms. The van der Waals surface area contributed by atoms with Gasteiger partial charge in [0.25, 0.3) is 0 Å². The van der Waals surface area contributed by atoms with Gasteiger partial charge in [0.1, 0.15) is 0 Å². The van der Waals surface area contributed by atoms with E-state index in [-0.39, 0.29) is 0 Å². The summed E-state index contributed by atoms with van der Waals surface area (Å²) in [5.74, 6) is 0.510. The molecule has 0 fully saturated rings. The van der Waals surface area contributed by atoms with Crippen LogP contribution in [0.3, 0.4) is 0 Å². The van der Waals surface area contributed by atoms with Crippen molar-refractivity contribution in [1.82, 2.24) is 10.3 Å². The quantitative estimate of drug-likeness (QED) is 0.864. The molecule has 0 aliphatic heterocycles. The maximum Gasteiger partial charge on any atom is 0.0705 e. The molecule has 0 amide bonds. The third-order valence-electron chi connectivity index (χ3n) is 3.67. The van der Waals surface area contributed by atoms with Crippen molar-refractivity contribution in [3.05, 3.63) is 42.1 Å². The van der Waals surface area contributed by atoms with Gasteiger partial charge in [0, 0.05) is 31.3 Å². The van der Waals surface area contributed by atoms with E-state index >= 15 is 0 Å². The number of hydrogen-bond acceptors (Lipinski definition) is 3. The largest absolute Gasteiger partial charge is 0.385 e. The summed E-state index contributed by atoms with van der Waals surface area (Å²) in [4.78, 5) is 4.43. The zero-order valence-corrected chi connectivity index (χ0v) is 11.9. The molecule has 0 bridgehead atoms. The lowest BCUT2D eigenvalue weighted by atomic mass is 9.90. The van der Waals surface area contributed by atoms with Gasteiger partial charge in [0.15, 0.2) is 0 Å². The Hall–Kier alpha value is -1.45. The van der Waals surface area contributed by atoms with Crippen LogP contribution >= 0.6 is 0 Å². The van der Waals surface area contributed by atoms with E-state index in [0.717, 1.165) is 18.5 Å². The van der Waals surface area contributed by atoms with Crippen molar-refractivity contribution in [1.29, 1.82) is 0 Å². The highest BCUT2D eigenvalue weighted by Gasteiger charge is 2.19. The summed E-state index contributed by atoms with van der Waals surface area (Å²) < 4.78 is 5.19. The number of hydrogen-bond donors (Lipinski definition) is 1. The Labute approximate surface area is 115 Å². The summed E-state index contributed by atoms with van der Waals surface area (Å²) in [5.41, 5.74) is 2.37. The Morgan fingerprint density at radius 1 is 1.26 bits per heavy atom. The number of ether oxygens (including phenoxy) is 1. The molecule has 102 valence electrons. The second kappa shape index (κ2) is 6.64. The van der Waals surface area contributed by atoms with Gasteiger partial charge in [-0.05, 0) is 37.1 Å². The number of benzene rings is 1. The molecule has 1 N–H and O–H groups in total. The zero-order valence-electron chi connectivity index (χ0n) is 11.9. The average Bonchev–Trinajstić information content (AvgIpc) is 2.46. The van der Waals surface area contributed by atoms with Gasteiger partial charge in [-0.1, -0.05) is 25.1 Å². The molecular formula is C16H22N2O. The normalized spacial score (nSPS) is 14.5. The molecule has 2 unspecified atom stereocenters. The first-order chi connectivity index (χ1) is 9.27. The molecule has 3 nitrogen and oxygen atoms in total.